The van der Waals surface area contributed by atoms with Gasteiger partial charge in [-0.15, -0.1) is 11.8 Å². The lowest BCUT2D eigenvalue weighted by Crippen LogP contribution is -2.37. The predicted octanol–water partition coefficient (Wildman–Crippen LogP) is 1.22. The largest absolute Gasteiger partial charge is 0.467 e. The molecule has 1 atom stereocenters. The van der Waals surface area contributed by atoms with Crippen molar-refractivity contribution in [3.63, 3.8) is 0 Å². The highest BCUT2D eigenvalue weighted by Gasteiger charge is 2.15. The van der Waals surface area contributed by atoms with Crippen molar-refractivity contribution in [2.45, 2.75) is 11.9 Å². The Morgan fingerprint density at radius 3 is 2.90 bits per heavy atom. The number of aliphatic hydroxyl groups is 1. The molecule has 1 aromatic carbocycles. The van der Waals surface area contributed by atoms with Crippen LogP contribution in [0.1, 0.15) is 5.56 Å². The Labute approximate surface area is 126 Å². The molecule has 7 heteroatoms. The Bertz CT molecular complexity index is 469. The van der Waals surface area contributed by atoms with E-state index in [1.165, 1.54) is 18.9 Å². The predicted molar refractivity (Wildman–Crippen MR) is 78.6 cm³/mol. The number of esters is 1. The van der Waals surface area contributed by atoms with Crippen molar-refractivity contribution in [1.82, 2.24) is 5.32 Å². The zero-order chi connectivity index (χ0) is 15.0. The molecule has 0 aromatic heterocycles. The van der Waals surface area contributed by atoms with Gasteiger partial charge in [0.1, 0.15) is 0 Å². The quantitative estimate of drug-likeness (QED) is 0.740. The van der Waals surface area contributed by atoms with E-state index in [0.717, 1.165) is 5.56 Å². The van der Waals surface area contributed by atoms with Crippen LogP contribution < -0.4 is 5.32 Å². The second-order valence-electron chi connectivity index (χ2n) is 3.97. The molecule has 0 heterocycles. The smallest absolute Gasteiger partial charge is 0.336 e. The molecule has 0 aliphatic rings. The van der Waals surface area contributed by atoms with Crippen LogP contribution in [0, 0.1) is 0 Å². The summed E-state index contributed by atoms with van der Waals surface area (Å²) in [6.45, 7) is -0.150. The molecule has 0 saturated carbocycles. The van der Waals surface area contributed by atoms with Gasteiger partial charge in [0.15, 0.2) is 6.10 Å². The van der Waals surface area contributed by atoms with Gasteiger partial charge in [0.25, 0.3) is 0 Å². The monoisotopic (exact) mass is 317 g/mol. The van der Waals surface area contributed by atoms with Crippen LogP contribution in [0.15, 0.2) is 24.3 Å². The number of methoxy groups -OCH3 is 1. The van der Waals surface area contributed by atoms with E-state index in [9.17, 15) is 14.7 Å². The number of carbonyl (C=O) groups excluding carboxylic acids is 2. The van der Waals surface area contributed by atoms with Gasteiger partial charge in [0, 0.05) is 10.8 Å². The van der Waals surface area contributed by atoms with Gasteiger partial charge in [-0.2, -0.15) is 0 Å². The molecule has 0 bridgehead atoms. The Hall–Kier alpha value is -1.24. The van der Waals surface area contributed by atoms with Gasteiger partial charge in [0.2, 0.25) is 5.91 Å². The summed E-state index contributed by atoms with van der Waals surface area (Å²) < 4.78 is 4.34. The number of rotatable bonds is 7. The number of thioether (sulfide) groups is 1. The third-order valence-electron chi connectivity index (χ3n) is 2.36. The maximum Gasteiger partial charge on any atom is 0.336 e. The highest BCUT2D eigenvalue weighted by molar-refractivity contribution is 7.99. The number of aliphatic hydroxyl groups excluding tert-OH is 1. The molecule has 1 amide bonds. The number of amides is 1. The molecule has 5 nitrogen and oxygen atoms in total. The molecule has 0 aliphatic heterocycles. The fourth-order valence-corrected chi connectivity index (χ4v) is 2.39. The Morgan fingerprint density at radius 2 is 2.25 bits per heavy atom. The van der Waals surface area contributed by atoms with E-state index < -0.39 is 12.1 Å². The van der Waals surface area contributed by atoms with Crippen LogP contribution in [0.25, 0.3) is 0 Å². The van der Waals surface area contributed by atoms with Gasteiger partial charge in [-0.05, 0) is 17.7 Å². The minimum atomic E-state index is -1.33. The molecule has 0 spiro atoms. The van der Waals surface area contributed by atoms with Gasteiger partial charge >= 0.3 is 5.97 Å². The Balaban J connectivity index is 2.22. The minimum absolute atomic E-state index is 0.150. The third kappa shape index (κ3) is 6.27. The minimum Gasteiger partial charge on any atom is -0.467 e. The summed E-state index contributed by atoms with van der Waals surface area (Å²) in [5.41, 5.74) is 1.03. The van der Waals surface area contributed by atoms with Crippen LogP contribution in [0.4, 0.5) is 0 Å². The van der Waals surface area contributed by atoms with Crippen molar-refractivity contribution in [2.24, 2.45) is 0 Å². The fraction of sp³-hybridized carbons (Fsp3) is 0.385. The van der Waals surface area contributed by atoms with Crippen LogP contribution >= 0.6 is 23.4 Å². The molecule has 0 aliphatic carbocycles. The average molecular weight is 318 g/mol. The molecule has 0 fully saturated rings. The lowest BCUT2D eigenvalue weighted by molar-refractivity contribution is -0.150. The van der Waals surface area contributed by atoms with E-state index in [1.807, 2.05) is 18.2 Å². The second kappa shape index (κ2) is 8.84. The topological polar surface area (TPSA) is 75.6 Å². The fourth-order valence-electron chi connectivity index (χ4n) is 1.37. The number of hydrogen-bond donors (Lipinski definition) is 2. The first-order valence-electron chi connectivity index (χ1n) is 5.87. The maximum atomic E-state index is 11.5. The lowest BCUT2D eigenvalue weighted by Gasteiger charge is -2.09. The Kier molecular flexibility index (Phi) is 7.43. The number of carbonyl (C=O) groups is 2. The molecular weight excluding hydrogens is 302 g/mol. The zero-order valence-electron chi connectivity index (χ0n) is 11.0. The number of halogens is 1. The van der Waals surface area contributed by atoms with E-state index >= 15 is 0 Å². The van der Waals surface area contributed by atoms with Crippen LogP contribution in [0.3, 0.4) is 0 Å². The molecule has 1 rings (SSSR count). The summed E-state index contributed by atoms with van der Waals surface area (Å²) in [5, 5.41) is 12.4. The van der Waals surface area contributed by atoms with E-state index in [4.69, 9.17) is 11.6 Å². The van der Waals surface area contributed by atoms with Crippen molar-refractivity contribution < 1.29 is 19.4 Å². The highest BCUT2D eigenvalue weighted by Crippen LogP contribution is 2.16. The van der Waals surface area contributed by atoms with E-state index in [2.05, 4.69) is 10.1 Å². The van der Waals surface area contributed by atoms with E-state index in [1.54, 1.807) is 6.07 Å². The van der Waals surface area contributed by atoms with E-state index in [0.29, 0.717) is 10.8 Å². The second-order valence-corrected chi connectivity index (χ2v) is 5.39. The van der Waals surface area contributed by atoms with Crippen molar-refractivity contribution in [2.75, 3.05) is 19.4 Å². The molecular formula is C13H16ClNO4S. The third-order valence-corrected chi connectivity index (χ3v) is 3.60. The van der Waals surface area contributed by atoms with Gasteiger partial charge < -0.3 is 15.2 Å². The highest BCUT2D eigenvalue weighted by atomic mass is 35.5. The molecule has 110 valence electrons. The van der Waals surface area contributed by atoms with Crippen molar-refractivity contribution in [1.29, 1.82) is 0 Å². The van der Waals surface area contributed by atoms with E-state index in [-0.39, 0.29) is 18.2 Å². The zero-order valence-corrected chi connectivity index (χ0v) is 12.5. The van der Waals surface area contributed by atoms with Crippen LogP contribution in [0.5, 0.6) is 0 Å². The van der Waals surface area contributed by atoms with Gasteiger partial charge in [-0.1, -0.05) is 23.7 Å². The molecule has 1 aromatic rings. The first kappa shape index (κ1) is 16.8. The molecule has 0 saturated heterocycles. The van der Waals surface area contributed by atoms with Gasteiger partial charge in [0.05, 0.1) is 19.4 Å². The first-order valence-corrected chi connectivity index (χ1v) is 7.41. The SMILES string of the molecule is COC(=O)C(O)CNC(=O)CSCc1cccc(Cl)c1. The van der Waals surface area contributed by atoms with Crippen molar-refractivity contribution in [3.8, 4) is 0 Å². The summed E-state index contributed by atoms with van der Waals surface area (Å²) in [4.78, 5) is 22.4. The normalized spacial score (nSPS) is 11.8. The maximum absolute atomic E-state index is 11.5. The van der Waals surface area contributed by atoms with Crippen LogP contribution in [-0.4, -0.2) is 42.5 Å². The van der Waals surface area contributed by atoms with Crippen molar-refractivity contribution in [3.05, 3.63) is 34.9 Å². The van der Waals surface area contributed by atoms with Crippen LogP contribution in [-0.2, 0) is 20.1 Å². The standard InChI is InChI=1S/C13H16ClNO4S/c1-19-13(18)11(16)6-15-12(17)8-20-7-9-3-2-4-10(14)5-9/h2-5,11,16H,6-8H2,1H3,(H,15,17). The van der Waals surface area contributed by atoms with Crippen molar-refractivity contribution >= 4 is 35.2 Å². The number of nitrogens with one attached hydrogen (secondary N) is 1. The number of ether oxygens (including phenoxy) is 1. The summed E-state index contributed by atoms with van der Waals surface area (Å²) in [6, 6.07) is 7.41. The first-order chi connectivity index (χ1) is 9.52. The molecule has 0 radical (unpaired) electrons. The molecule has 1 unspecified atom stereocenters. The molecule has 2 N–H and O–H groups in total. The summed E-state index contributed by atoms with van der Waals surface area (Å²) in [5.74, 6) is -0.120. The lowest BCUT2D eigenvalue weighted by atomic mass is 10.2. The van der Waals surface area contributed by atoms with Gasteiger partial charge in [-0.25, -0.2) is 4.79 Å². The molecule has 20 heavy (non-hydrogen) atoms. The van der Waals surface area contributed by atoms with Gasteiger partial charge in [-0.3, -0.25) is 4.79 Å². The number of benzene rings is 1. The number of hydrogen-bond acceptors (Lipinski definition) is 5. The summed E-state index contributed by atoms with van der Waals surface area (Å²) in [7, 11) is 1.17. The Morgan fingerprint density at radius 1 is 1.50 bits per heavy atom. The van der Waals surface area contributed by atoms with Crippen LogP contribution in [0.2, 0.25) is 5.02 Å². The average Bonchev–Trinajstić information content (AvgIpc) is 2.44. The summed E-state index contributed by atoms with van der Waals surface area (Å²) in [6.07, 6.45) is -1.33. The summed E-state index contributed by atoms with van der Waals surface area (Å²) >= 11 is 7.27.